The van der Waals surface area contributed by atoms with Gasteiger partial charge in [-0.1, -0.05) is 5.16 Å². The van der Waals surface area contributed by atoms with Crippen molar-refractivity contribution in [1.29, 1.82) is 0 Å². The van der Waals surface area contributed by atoms with Gasteiger partial charge in [0.05, 0.1) is 24.3 Å². The predicted molar refractivity (Wildman–Crippen MR) is 66.4 cm³/mol. The highest BCUT2D eigenvalue weighted by Crippen LogP contribution is 2.21. The largest absolute Gasteiger partial charge is 0.359 e. The van der Waals surface area contributed by atoms with Crippen LogP contribution in [0.25, 0.3) is 11.2 Å². The molecule has 3 rings (SSSR count). The van der Waals surface area contributed by atoms with Crippen molar-refractivity contribution in [2.24, 2.45) is 7.05 Å². The Bertz CT molecular complexity index is 682. The van der Waals surface area contributed by atoms with Crippen molar-refractivity contribution in [3.8, 4) is 0 Å². The van der Waals surface area contributed by atoms with Crippen molar-refractivity contribution >= 4 is 22.8 Å². The highest BCUT2D eigenvalue weighted by molar-refractivity contribution is 6.16. The van der Waals surface area contributed by atoms with E-state index < -0.39 is 0 Å². The molecule has 0 aromatic carbocycles. The van der Waals surface area contributed by atoms with E-state index >= 15 is 0 Å². The van der Waals surface area contributed by atoms with E-state index in [0.29, 0.717) is 12.4 Å². The Labute approximate surface area is 108 Å². The zero-order valence-electron chi connectivity index (χ0n) is 10.1. The zero-order valence-corrected chi connectivity index (χ0v) is 10.8. The van der Waals surface area contributed by atoms with E-state index in [1.165, 1.54) is 0 Å². The van der Waals surface area contributed by atoms with E-state index in [0.717, 1.165) is 28.4 Å². The molecular formula is C11H12ClN5O. The first-order valence-electron chi connectivity index (χ1n) is 5.55. The van der Waals surface area contributed by atoms with Crippen LogP contribution in [-0.2, 0) is 19.5 Å². The van der Waals surface area contributed by atoms with E-state index in [2.05, 4.69) is 15.2 Å². The molecule has 18 heavy (non-hydrogen) atoms. The van der Waals surface area contributed by atoms with Crippen molar-refractivity contribution in [1.82, 2.24) is 24.5 Å². The topological polar surface area (TPSA) is 61.7 Å². The molecule has 0 amide bonds. The number of hydrogen-bond acceptors (Lipinski definition) is 4. The maximum atomic E-state index is 5.95. The summed E-state index contributed by atoms with van der Waals surface area (Å²) in [4.78, 5) is 4.52. The van der Waals surface area contributed by atoms with Crippen LogP contribution >= 0.6 is 11.6 Å². The molecule has 0 N–H and O–H groups in total. The lowest BCUT2D eigenvalue weighted by Crippen LogP contribution is -2.07. The van der Waals surface area contributed by atoms with E-state index in [1.54, 1.807) is 6.20 Å². The molecule has 0 saturated carbocycles. The Balaban J connectivity index is 2.18. The molecule has 3 aromatic heterocycles. The van der Waals surface area contributed by atoms with Crippen molar-refractivity contribution in [3.05, 3.63) is 29.5 Å². The second kappa shape index (κ2) is 4.13. The molecule has 0 aliphatic heterocycles. The summed E-state index contributed by atoms with van der Waals surface area (Å²) < 4.78 is 8.94. The van der Waals surface area contributed by atoms with Crippen LogP contribution in [0.2, 0.25) is 0 Å². The van der Waals surface area contributed by atoms with Crippen LogP contribution in [0.5, 0.6) is 0 Å². The summed E-state index contributed by atoms with van der Waals surface area (Å²) in [5, 5.41) is 8.06. The van der Waals surface area contributed by atoms with Gasteiger partial charge in [-0.15, -0.1) is 11.6 Å². The molecule has 3 heterocycles. The minimum Gasteiger partial charge on any atom is -0.359 e. The molecule has 0 unspecified atom stereocenters. The van der Waals surface area contributed by atoms with Crippen LogP contribution in [0.3, 0.4) is 0 Å². The van der Waals surface area contributed by atoms with Crippen molar-refractivity contribution in [2.75, 3.05) is 0 Å². The van der Waals surface area contributed by atoms with Gasteiger partial charge in [0.1, 0.15) is 11.3 Å². The number of alkyl halides is 1. The van der Waals surface area contributed by atoms with Crippen molar-refractivity contribution in [2.45, 2.75) is 19.3 Å². The van der Waals surface area contributed by atoms with Gasteiger partial charge in [-0.05, 0) is 6.92 Å². The first-order chi connectivity index (χ1) is 8.70. The molecular weight excluding hydrogens is 254 g/mol. The number of halogens is 1. The number of nitrogens with zero attached hydrogens (tertiary/aromatic N) is 5. The van der Waals surface area contributed by atoms with E-state index in [9.17, 15) is 0 Å². The van der Waals surface area contributed by atoms with Crippen LogP contribution in [0.15, 0.2) is 16.8 Å². The monoisotopic (exact) mass is 265 g/mol. The lowest BCUT2D eigenvalue weighted by molar-refractivity contribution is 0.376. The lowest BCUT2D eigenvalue weighted by Gasteiger charge is -2.05. The van der Waals surface area contributed by atoms with Gasteiger partial charge in [-0.2, -0.15) is 5.10 Å². The highest BCUT2D eigenvalue weighted by Gasteiger charge is 2.17. The number of rotatable bonds is 3. The third-order valence-electron chi connectivity index (χ3n) is 2.89. The van der Waals surface area contributed by atoms with E-state index in [4.69, 9.17) is 16.1 Å². The van der Waals surface area contributed by atoms with Gasteiger partial charge in [-0.25, -0.2) is 4.98 Å². The van der Waals surface area contributed by atoms with Crippen molar-refractivity contribution < 1.29 is 4.52 Å². The Hall–Kier alpha value is -1.82. The maximum Gasteiger partial charge on any atom is 0.159 e. The smallest absolute Gasteiger partial charge is 0.159 e. The minimum absolute atomic E-state index is 0.349. The molecule has 6 nitrogen and oxygen atoms in total. The fourth-order valence-electron chi connectivity index (χ4n) is 2.13. The average Bonchev–Trinajstić information content (AvgIpc) is 3.01. The molecule has 0 saturated heterocycles. The minimum atomic E-state index is 0.349. The molecule has 0 spiro atoms. The molecule has 0 bridgehead atoms. The number of imidazole rings is 1. The summed E-state index contributed by atoms with van der Waals surface area (Å²) in [7, 11) is 1.89. The second-order valence-electron chi connectivity index (χ2n) is 4.11. The molecule has 94 valence electrons. The molecule has 0 aliphatic rings. The fourth-order valence-corrected chi connectivity index (χ4v) is 2.33. The maximum absolute atomic E-state index is 5.95. The van der Waals surface area contributed by atoms with Gasteiger partial charge in [0.25, 0.3) is 0 Å². The van der Waals surface area contributed by atoms with Gasteiger partial charge < -0.3 is 9.09 Å². The number of aromatic nitrogens is 5. The standard InChI is InChI=1S/C11H12ClN5O/c1-7-10-11(16(2)15-7)17(9(5-12)14-10)6-8-3-4-13-18-8/h3-4H,5-6H2,1-2H3. The third kappa shape index (κ3) is 1.60. The van der Waals surface area contributed by atoms with E-state index in [1.807, 2.05) is 29.3 Å². The molecule has 0 aliphatic carbocycles. The summed E-state index contributed by atoms with van der Waals surface area (Å²) in [5.74, 6) is 1.92. The highest BCUT2D eigenvalue weighted by atomic mass is 35.5. The Morgan fingerprint density at radius 2 is 2.28 bits per heavy atom. The molecule has 0 fully saturated rings. The summed E-state index contributed by atoms with van der Waals surface area (Å²) >= 11 is 5.95. The number of hydrogen-bond donors (Lipinski definition) is 0. The number of aryl methyl sites for hydroxylation is 2. The fraction of sp³-hybridized carbons (Fsp3) is 0.364. The molecule has 7 heteroatoms. The van der Waals surface area contributed by atoms with Gasteiger partial charge in [0.15, 0.2) is 11.4 Å². The summed E-state index contributed by atoms with van der Waals surface area (Å²) in [6.45, 7) is 2.49. The lowest BCUT2D eigenvalue weighted by atomic mass is 10.4. The SMILES string of the molecule is Cc1nn(C)c2c1nc(CCl)n2Cc1ccno1. The summed E-state index contributed by atoms with van der Waals surface area (Å²) in [6.07, 6.45) is 1.62. The van der Waals surface area contributed by atoms with Crippen LogP contribution < -0.4 is 0 Å². The van der Waals surface area contributed by atoms with Gasteiger partial charge in [0, 0.05) is 13.1 Å². The van der Waals surface area contributed by atoms with Gasteiger partial charge in [0.2, 0.25) is 0 Å². The summed E-state index contributed by atoms with van der Waals surface area (Å²) in [6, 6.07) is 1.83. The Kier molecular flexibility index (Phi) is 2.59. The van der Waals surface area contributed by atoms with E-state index in [-0.39, 0.29) is 0 Å². The summed E-state index contributed by atoms with van der Waals surface area (Å²) in [5.41, 5.74) is 2.72. The first-order valence-corrected chi connectivity index (χ1v) is 6.08. The molecule has 3 aromatic rings. The van der Waals surface area contributed by atoms with Gasteiger partial charge in [-0.3, -0.25) is 4.68 Å². The van der Waals surface area contributed by atoms with Crippen LogP contribution in [0.4, 0.5) is 0 Å². The first kappa shape index (κ1) is 11.3. The van der Waals surface area contributed by atoms with Gasteiger partial charge >= 0.3 is 0 Å². The third-order valence-corrected chi connectivity index (χ3v) is 3.13. The average molecular weight is 266 g/mol. The number of fused-ring (bicyclic) bond motifs is 1. The van der Waals surface area contributed by atoms with Crippen LogP contribution in [0, 0.1) is 6.92 Å². The van der Waals surface area contributed by atoms with Crippen LogP contribution in [-0.4, -0.2) is 24.5 Å². The Morgan fingerprint density at radius 1 is 1.44 bits per heavy atom. The zero-order chi connectivity index (χ0) is 12.7. The Morgan fingerprint density at radius 3 is 2.94 bits per heavy atom. The normalized spacial score (nSPS) is 11.5. The van der Waals surface area contributed by atoms with Crippen molar-refractivity contribution in [3.63, 3.8) is 0 Å². The quantitative estimate of drug-likeness (QED) is 0.678. The molecule has 0 atom stereocenters. The van der Waals surface area contributed by atoms with Crippen LogP contribution in [0.1, 0.15) is 17.3 Å². The molecule has 0 radical (unpaired) electrons. The second-order valence-corrected chi connectivity index (χ2v) is 4.38. The predicted octanol–water partition coefficient (Wildman–Crippen LogP) is 1.85.